The zero-order valence-corrected chi connectivity index (χ0v) is 12.1. The highest BCUT2D eigenvalue weighted by Gasteiger charge is 2.19. The predicted molar refractivity (Wildman–Crippen MR) is 80.2 cm³/mol. The van der Waals surface area contributed by atoms with Crippen molar-refractivity contribution in [1.82, 2.24) is 9.88 Å². The number of carbonyl (C=O) groups is 2. The number of amides is 2. The summed E-state index contributed by atoms with van der Waals surface area (Å²) < 4.78 is 0. The number of pyridine rings is 1. The summed E-state index contributed by atoms with van der Waals surface area (Å²) in [4.78, 5) is 29.1. The summed E-state index contributed by atoms with van der Waals surface area (Å²) in [6, 6.07) is 1.59. The highest BCUT2D eigenvalue weighted by molar-refractivity contribution is 5.98. The number of hydrogen-bond donors (Lipinski definition) is 2. The van der Waals surface area contributed by atoms with Gasteiger partial charge >= 0.3 is 0 Å². The molecule has 0 aromatic carbocycles. The normalized spacial score (nSPS) is 9.62. The summed E-state index contributed by atoms with van der Waals surface area (Å²) in [6.45, 7) is 2.58. The summed E-state index contributed by atoms with van der Waals surface area (Å²) in [6.07, 6.45) is 4.74. The highest BCUT2D eigenvalue weighted by Crippen LogP contribution is 2.10. The Morgan fingerprint density at radius 3 is 2.81 bits per heavy atom. The lowest BCUT2D eigenvalue weighted by molar-refractivity contribution is -0.118. The summed E-state index contributed by atoms with van der Waals surface area (Å²) in [7, 11) is 0. The maximum Gasteiger partial charge on any atom is 0.255 e. The maximum atomic E-state index is 12.6. The second-order valence-corrected chi connectivity index (χ2v) is 4.47. The first-order valence-corrected chi connectivity index (χ1v) is 6.80. The van der Waals surface area contributed by atoms with Gasteiger partial charge in [-0.2, -0.15) is 0 Å². The van der Waals surface area contributed by atoms with E-state index in [0.717, 1.165) is 12.8 Å². The molecule has 21 heavy (non-hydrogen) atoms. The molecule has 1 aromatic rings. The summed E-state index contributed by atoms with van der Waals surface area (Å²) in [5.74, 6) is 4.70. The molecule has 0 unspecified atom stereocenters. The van der Waals surface area contributed by atoms with E-state index in [-0.39, 0.29) is 19.0 Å². The van der Waals surface area contributed by atoms with E-state index in [4.69, 9.17) is 11.5 Å². The van der Waals surface area contributed by atoms with Crippen LogP contribution in [0.3, 0.4) is 0 Å². The smallest absolute Gasteiger partial charge is 0.255 e. The van der Waals surface area contributed by atoms with Gasteiger partial charge in [-0.15, -0.1) is 0 Å². The van der Waals surface area contributed by atoms with E-state index >= 15 is 0 Å². The molecule has 0 saturated carbocycles. The van der Waals surface area contributed by atoms with E-state index < -0.39 is 5.91 Å². The van der Waals surface area contributed by atoms with Gasteiger partial charge in [0.05, 0.1) is 24.2 Å². The van der Waals surface area contributed by atoms with Crippen LogP contribution in [0.4, 0.5) is 0 Å². The van der Waals surface area contributed by atoms with Crippen LogP contribution in [0, 0.1) is 11.8 Å². The highest BCUT2D eigenvalue weighted by atomic mass is 16.2. The van der Waals surface area contributed by atoms with Crippen LogP contribution in [0.15, 0.2) is 18.5 Å². The molecule has 0 saturated heterocycles. The van der Waals surface area contributed by atoms with Crippen molar-refractivity contribution in [3.63, 3.8) is 0 Å². The number of hydrogen-bond acceptors (Lipinski definition) is 4. The first-order chi connectivity index (χ1) is 10.1. The van der Waals surface area contributed by atoms with Crippen molar-refractivity contribution in [1.29, 1.82) is 0 Å². The van der Waals surface area contributed by atoms with Crippen molar-refractivity contribution < 1.29 is 9.59 Å². The molecule has 0 radical (unpaired) electrons. The van der Waals surface area contributed by atoms with Gasteiger partial charge in [-0.25, -0.2) is 0 Å². The summed E-state index contributed by atoms with van der Waals surface area (Å²) >= 11 is 0. The van der Waals surface area contributed by atoms with Crippen LogP contribution in [0.2, 0.25) is 0 Å². The quantitative estimate of drug-likeness (QED) is 0.726. The van der Waals surface area contributed by atoms with Crippen LogP contribution in [-0.2, 0) is 4.79 Å². The fourth-order valence-corrected chi connectivity index (χ4v) is 1.79. The molecule has 0 spiro atoms. The zero-order chi connectivity index (χ0) is 15.7. The zero-order valence-electron chi connectivity index (χ0n) is 12.1. The number of aromatic nitrogens is 1. The fourth-order valence-electron chi connectivity index (χ4n) is 1.79. The number of nitrogens with two attached hydrogens (primary N) is 2. The number of unbranched alkanes of at least 4 members (excludes halogenated alkanes) is 1. The molecule has 1 aromatic heterocycles. The van der Waals surface area contributed by atoms with Gasteiger partial charge in [0, 0.05) is 18.9 Å². The second-order valence-electron chi connectivity index (χ2n) is 4.47. The molecule has 0 bridgehead atoms. The van der Waals surface area contributed by atoms with Gasteiger partial charge in [-0.1, -0.05) is 25.2 Å². The minimum Gasteiger partial charge on any atom is -0.368 e. The Morgan fingerprint density at radius 2 is 2.19 bits per heavy atom. The summed E-state index contributed by atoms with van der Waals surface area (Å²) in [5.41, 5.74) is 11.5. The van der Waals surface area contributed by atoms with Crippen LogP contribution < -0.4 is 11.5 Å². The van der Waals surface area contributed by atoms with Gasteiger partial charge in [-0.3, -0.25) is 14.6 Å². The molecule has 112 valence electrons. The molecule has 4 N–H and O–H groups in total. The van der Waals surface area contributed by atoms with Crippen molar-refractivity contribution >= 4 is 11.8 Å². The largest absolute Gasteiger partial charge is 0.368 e. The van der Waals surface area contributed by atoms with E-state index in [2.05, 4.69) is 16.8 Å². The third-order valence-corrected chi connectivity index (χ3v) is 2.79. The lowest BCUT2D eigenvalue weighted by Crippen LogP contribution is -2.39. The van der Waals surface area contributed by atoms with Crippen LogP contribution in [0.1, 0.15) is 35.7 Å². The van der Waals surface area contributed by atoms with E-state index in [0.29, 0.717) is 17.7 Å². The van der Waals surface area contributed by atoms with Gasteiger partial charge < -0.3 is 16.4 Å². The topological polar surface area (TPSA) is 102 Å². The average Bonchev–Trinajstić information content (AvgIpc) is 2.48. The Bertz CT molecular complexity index is 560. The standard InChI is InChI=1S/C15H20N4O2/c1-2-3-9-19(11-14(17)20)15(21)13-6-8-18-10-12(13)5-4-7-16/h6,8,10H,2-3,7,9,11,16H2,1H3,(H2,17,20). The van der Waals surface area contributed by atoms with Gasteiger partial charge in [0.25, 0.3) is 5.91 Å². The van der Waals surface area contributed by atoms with Crippen LogP contribution in [-0.4, -0.2) is 41.3 Å². The van der Waals surface area contributed by atoms with Crippen molar-refractivity contribution in [2.45, 2.75) is 19.8 Å². The Balaban J connectivity index is 3.04. The Morgan fingerprint density at radius 1 is 1.43 bits per heavy atom. The lowest BCUT2D eigenvalue weighted by atomic mass is 10.1. The Kier molecular flexibility index (Phi) is 6.92. The van der Waals surface area contributed by atoms with Gasteiger partial charge in [0.2, 0.25) is 5.91 Å². The monoisotopic (exact) mass is 288 g/mol. The second kappa shape index (κ2) is 8.72. The number of carbonyl (C=O) groups excluding carboxylic acids is 2. The molecule has 1 rings (SSSR count). The molecular formula is C15H20N4O2. The van der Waals surface area contributed by atoms with E-state index in [1.807, 2.05) is 6.92 Å². The molecule has 2 amide bonds. The molecule has 0 aliphatic heterocycles. The van der Waals surface area contributed by atoms with Crippen LogP contribution in [0.5, 0.6) is 0 Å². The Labute approximate surface area is 124 Å². The van der Waals surface area contributed by atoms with E-state index in [1.165, 1.54) is 17.3 Å². The van der Waals surface area contributed by atoms with Crippen molar-refractivity contribution in [3.05, 3.63) is 29.6 Å². The lowest BCUT2D eigenvalue weighted by Gasteiger charge is -2.21. The predicted octanol–water partition coefficient (Wildman–Crippen LogP) is 0.119. The maximum absolute atomic E-state index is 12.6. The van der Waals surface area contributed by atoms with Crippen molar-refractivity contribution in [2.24, 2.45) is 11.5 Å². The number of primary amides is 1. The minimum absolute atomic E-state index is 0.106. The van der Waals surface area contributed by atoms with Gasteiger partial charge in [-0.05, 0) is 12.5 Å². The van der Waals surface area contributed by atoms with Crippen LogP contribution >= 0.6 is 0 Å². The SMILES string of the molecule is CCCCN(CC(N)=O)C(=O)c1ccncc1C#CCN. The third kappa shape index (κ3) is 5.24. The first-order valence-electron chi connectivity index (χ1n) is 6.80. The first kappa shape index (κ1) is 16.7. The average molecular weight is 288 g/mol. The molecule has 0 aliphatic rings. The van der Waals surface area contributed by atoms with Gasteiger partial charge in [0.1, 0.15) is 0 Å². The van der Waals surface area contributed by atoms with Crippen molar-refractivity contribution in [2.75, 3.05) is 19.6 Å². The van der Waals surface area contributed by atoms with E-state index in [1.54, 1.807) is 6.07 Å². The molecule has 0 fully saturated rings. The molecular weight excluding hydrogens is 268 g/mol. The van der Waals surface area contributed by atoms with Crippen molar-refractivity contribution in [3.8, 4) is 11.8 Å². The molecule has 6 nitrogen and oxygen atoms in total. The number of nitrogens with zero attached hydrogens (tertiary/aromatic N) is 2. The molecule has 1 heterocycles. The number of rotatable bonds is 6. The summed E-state index contributed by atoms with van der Waals surface area (Å²) in [5, 5.41) is 0. The molecule has 0 aliphatic carbocycles. The van der Waals surface area contributed by atoms with Gasteiger partial charge in [0.15, 0.2) is 0 Å². The fraction of sp³-hybridized carbons (Fsp3) is 0.400. The third-order valence-electron chi connectivity index (χ3n) is 2.79. The Hall–Kier alpha value is -2.39. The minimum atomic E-state index is -0.539. The molecule has 0 atom stereocenters. The van der Waals surface area contributed by atoms with E-state index in [9.17, 15) is 9.59 Å². The molecule has 6 heteroatoms. The van der Waals surface area contributed by atoms with Crippen LogP contribution in [0.25, 0.3) is 0 Å².